The van der Waals surface area contributed by atoms with Gasteiger partial charge in [0.25, 0.3) is 0 Å². The second-order valence-corrected chi connectivity index (χ2v) is 3.59. The monoisotopic (exact) mass is 172 g/mol. The zero-order valence-corrected chi connectivity index (χ0v) is 7.25. The van der Waals surface area contributed by atoms with Crippen molar-refractivity contribution in [3.05, 3.63) is 0 Å². The lowest BCUT2D eigenvalue weighted by Crippen LogP contribution is -2.34. The van der Waals surface area contributed by atoms with Crippen molar-refractivity contribution in [2.45, 2.75) is 44.1 Å². The molecule has 0 aromatic carbocycles. The SMILES string of the molecule is O=C1CCC(O)(CCCO)CC1. The first kappa shape index (κ1) is 9.68. The van der Waals surface area contributed by atoms with Gasteiger partial charge in [0.2, 0.25) is 0 Å². The molecule has 1 rings (SSSR count). The normalized spacial score (nSPS) is 22.7. The Balaban J connectivity index is 2.34. The number of hydrogen-bond donors (Lipinski definition) is 2. The van der Waals surface area contributed by atoms with Crippen LogP contribution in [-0.2, 0) is 4.79 Å². The van der Waals surface area contributed by atoms with E-state index in [2.05, 4.69) is 0 Å². The summed E-state index contributed by atoms with van der Waals surface area (Å²) in [6.07, 6.45) is 3.41. The summed E-state index contributed by atoms with van der Waals surface area (Å²) in [7, 11) is 0. The van der Waals surface area contributed by atoms with E-state index in [0.717, 1.165) is 0 Å². The van der Waals surface area contributed by atoms with Crippen molar-refractivity contribution in [2.24, 2.45) is 0 Å². The minimum Gasteiger partial charge on any atom is -0.396 e. The van der Waals surface area contributed by atoms with Crippen LogP contribution in [-0.4, -0.2) is 28.2 Å². The molecular formula is C9H16O3. The van der Waals surface area contributed by atoms with E-state index in [1.807, 2.05) is 0 Å². The first-order chi connectivity index (χ1) is 5.66. The Morgan fingerprint density at radius 1 is 1.33 bits per heavy atom. The molecule has 0 saturated heterocycles. The van der Waals surface area contributed by atoms with E-state index in [-0.39, 0.29) is 12.4 Å². The van der Waals surface area contributed by atoms with E-state index in [0.29, 0.717) is 38.5 Å². The molecule has 1 aliphatic carbocycles. The number of carbonyl (C=O) groups excluding carboxylic acids is 1. The van der Waals surface area contributed by atoms with Crippen LogP contribution < -0.4 is 0 Å². The standard InChI is InChI=1S/C9H16O3/c10-7-1-4-9(12)5-2-8(11)3-6-9/h10,12H,1-7H2. The summed E-state index contributed by atoms with van der Waals surface area (Å²) >= 11 is 0. The molecular weight excluding hydrogens is 156 g/mol. The first-order valence-corrected chi connectivity index (χ1v) is 4.51. The van der Waals surface area contributed by atoms with E-state index in [4.69, 9.17) is 5.11 Å². The molecule has 0 atom stereocenters. The van der Waals surface area contributed by atoms with Crippen LogP contribution >= 0.6 is 0 Å². The molecule has 70 valence electrons. The summed E-state index contributed by atoms with van der Waals surface area (Å²) < 4.78 is 0. The average Bonchev–Trinajstić information content (AvgIpc) is 2.08. The number of ketones is 1. The van der Waals surface area contributed by atoms with E-state index < -0.39 is 5.60 Å². The Bertz CT molecular complexity index is 155. The fourth-order valence-corrected chi connectivity index (χ4v) is 1.65. The molecule has 1 aliphatic rings. The summed E-state index contributed by atoms with van der Waals surface area (Å²) in [5.74, 6) is 0.253. The Hall–Kier alpha value is -0.410. The van der Waals surface area contributed by atoms with Crippen LogP contribution in [0.2, 0.25) is 0 Å². The highest BCUT2D eigenvalue weighted by Gasteiger charge is 2.31. The second-order valence-electron chi connectivity index (χ2n) is 3.59. The zero-order chi connectivity index (χ0) is 9.03. The molecule has 12 heavy (non-hydrogen) atoms. The molecule has 0 spiro atoms. The molecule has 0 aliphatic heterocycles. The van der Waals surface area contributed by atoms with Crippen LogP contribution in [0.4, 0.5) is 0 Å². The van der Waals surface area contributed by atoms with Crippen LogP contribution in [0.15, 0.2) is 0 Å². The number of rotatable bonds is 3. The highest BCUT2D eigenvalue weighted by molar-refractivity contribution is 5.79. The van der Waals surface area contributed by atoms with E-state index in [9.17, 15) is 9.90 Å². The number of hydrogen-bond acceptors (Lipinski definition) is 3. The lowest BCUT2D eigenvalue weighted by molar-refractivity contribution is -0.125. The molecule has 1 saturated carbocycles. The summed E-state index contributed by atoms with van der Waals surface area (Å²) in [5.41, 5.74) is -0.670. The quantitative estimate of drug-likeness (QED) is 0.656. The number of carbonyl (C=O) groups is 1. The number of Topliss-reactive ketones (excluding diaryl/α,β-unsaturated/α-hetero) is 1. The largest absolute Gasteiger partial charge is 0.396 e. The van der Waals surface area contributed by atoms with E-state index in [1.165, 1.54) is 0 Å². The van der Waals surface area contributed by atoms with Crippen LogP contribution in [0, 0.1) is 0 Å². The van der Waals surface area contributed by atoms with Gasteiger partial charge >= 0.3 is 0 Å². The molecule has 2 N–H and O–H groups in total. The minimum atomic E-state index is -0.670. The van der Waals surface area contributed by atoms with Gasteiger partial charge in [-0.3, -0.25) is 4.79 Å². The molecule has 0 heterocycles. The van der Waals surface area contributed by atoms with Crippen molar-refractivity contribution in [2.75, 3.05) is 6.61 Å². The third kappa shape index (κ3) is 2.57. The van der Waals surface area contributed by atoms with Crippen molar-refractivity contribution in [3.8, 4) is 0 Å². The minimum absolute atomic E-state index is 0.121. The Morgan fingerprint density at radius 3 is 2.42 bits per heavy atom. The molecule has 0 amide bonds. The number of aliphatic hydroxyl groups is 2. The molecule has 0 aromatic rings. The van der Waals surface area contributed by atoms with Gasteiger partial charge in [0.1, 0.15) is 5.78 Å². The van der Waals surface area contributed by atoms with E-state index in [1.54, 1.807) is 0 Å². The predicted octanol–water partition coefficient (Wildman–Crippen LogP) is 0.633. The molecule has 0 unspecified atom stereocenters. The maximum atomic E-state index is 10.9. The highest BCUT2D eigenvalue weighted by Crippen LogP contribution is 2.29. The summed E-state index contributed by atoms with van der Waals surface area (Å²) in [6, 6.07) is 0. The Morgan fingerprint density at radius 2 is 1.92 bits per heavy atom. The van der Waals surface area contributed by atoms with Gasteiger partial charge in [0.15, 0.2) is 0 Å². The lowest BCUT2D eigenvalue weighted by Gasteiger charge is -2.31. The first-order valence-electron chi connectivity index (χ1n) is 4.51. The van der Waals surface area contributed by atoms with Gasteiger partial charge in [0, 0.05) is 19.4 Å². The van der Waals surface area contributed by atoms with Crippen molar-refractivity contribution in [3.63, 3.8) is 0 Å². The second kappa shape index (κ2) is 4.01. The van der Waals surface area contributed by atoms with Crippen LogP contribution in [0.1, 0.15) is 38.5 Å². The van der Waals surface area contributed by atoms with Gasteiger partial charge < -0.3 is 10.2 Å². The van der Waals surface area contributed by atoms with Gasteiger partial charge in [-0.05, 0) is 25.7 Å². The van der Waals surface area contributed by atoms with Gasteiger partial charge in [-0.1, -0.05) is 0 Å². The fourth-order valence-electron chi connectivity index (χ4n) is 1.65. The molecule has 0 bridgehead atoms. The van der Waals surface area contributed by atoms with Gasteiger partial charge in [0.05, 0.1) is 5.60 Å². The average molecular weight is 172 g/mol. The molecule has 1 fully saturated rings. The van der Waals surface area contributed by atoms with E-state index >= 15 is 0 Å². The molecule has 0 radical (unpaired) electrons. The Kier molecular flexibility index (Phi) is 3.23. The van der Waals surface area contributed by atoms with Crippen molar-refractivity contribution < 1.29 is 15.0 Å². The molecule has 0 aromatic heterocycles. The summed E-state index contributed by atoms with van der Waals surface area (Å²) in [4.78, 5) is 10.9. The van der Waals surface area contributed by atoms with Crippen LogP contribution in [0.3, 0.4) is 0 Å². The lowest BCUT2D eigenvalue weighted by atomic mass is 9.81. The van der Waals surface area contributed by atoms with Gasteiger partial charge in [-0.2, -0.15) is 0 Å². The Labute approximate surface area is 72.4 Å². The van der Waals surface area contributed by atoms with Crippen molar-refractivity contribution in [1.29, 1.82) is 0 Å². The topological polar surface area (TPSA) is 57.5 Å². The van der Waals surface area contributed by atoms with Gasteiger partial charge in [-0.15, -0.1) is 0 Å². The third-order valence-electron chi connectivity index (χ3n) is 2.54. The zero-order valence-electron chi connectivity index (χ0n) is 7.25. The van der Waals surface area contributed by atoms with Crippen LogP contribution in [0.5, 0.6) is 0 Å². The maximum absolute atomic E-state index is 10.9. The van der Waals surface area contributed by atoms with Crippen molar-refractivity contribution in [1.82, 2.24) is 0 Å². The highest BCUT2D eigenvalue weighted by atomic mass is 16.3. The van der Waals surface area contributed by atoms with Crippen LogP contribution in [0.25, 0.3) is 0 Å². The molecule has 3 nitrogen and oxygen atoms in total. The summed E-state index contributed by atoms with van der Waals surface area (Å²) in [6.45, 7) is 0.121. The number of aliphatic hydroxyl groups excluding tert-OH is 1. The smallest absolute Gasteiger partial charge is 0.133 e. The fraction of sp³-hybridized carbons (Fsp3) is 0.889. The summed E-state index contributed by atoms with van der Waals surface area (Å²) in [5, 5.41) is 18.4. The maximum Gasteiger partial charge on any atom is 0.133 e. The van der Waals surface area contributed by atoms with Crippen molar-refractivity contribution >= 4 is 5.78 Å². The molecule has 3 heteroatoms. The van der Waals surface area contributed by atoms with Gasteiger partial charge in [-0.25, -0.2) is 0 Å². The predicted molar refractivity (Wildman–Crippen MR) is 44.7 cm³/mol. The third-order valence-corrected chi connectivity index (χ3v) is 2.54.